The predicted molar refractivity (Wildman–Crippen MR) is 101 cm³/mol. The molecule has 0 spiro atoms. The third-order valence-corrected chi connectivity index (χ3v) is 5.33. The molecule has 27 heavy (non-hydrogen) atoms. The van der Waals surface area contributed by atoms with Crippen LogP contribution in [0.3, 0.4) is 0 Å². The average Bonchev–Trinajstić information content (AvgIpc) is 2.67. The summed E-state index contributed by atoms with van der Waals surface area (Å²) in [5.74, 6) is -0.401. The second kappa shape index (κ2) is 9.09. The Morgan fingerprint density at radius 2 is 2.00 bits per heavy atom. The molecule has 1 atom stereocenters. The molecule has 1 fully saturated rings. The molecule has 146 valence electrons. The minimum Gasteiger partial charge on any atom is -0.496 e. The Balaban J connectivity index is 2.02. The lowest BCUT2D eigenvalue weighted by Crippen LogP contribution is -2.53. The van der Waals surface area contributed by atoms with Crippen LogP contribution in [0.4, 0.5) is 0 Å². The highest BCUT2D eigenvalue weighted by Gasteiger charge is 2.40. The van der Waals surface area contributed by atoms with Crippen molar-refractivity contribution in [2.75, 3.05) is 14.2 Å². The Morgan fingerprint density at radius 3 is 2.59 bits per heavy atom. The quantitative estimate of drug-likeness (QED) is 0.692. The summed E-state index contributed by atoms with van der Waals surface area (Å²) in [6, 6.07) is 7.27. The van der Waals surface area contributed by atoms with Crippen LogP contribution in [0, 0.1) is 11.3 Å². The van der Waals surface area contributed by atoms with Gasteiger partial charge >= 0.3 is 5.97 Å². The molecule has 0 bridgehead atoms. The molecule has 1 amide bonds. The van der Waals surface area contributed by atoms with E-state index >= 15 is 0 Å². The summed E-state index contributed by atoms with van der Waals surface area (Å²) < 4.78 is 10.5. The molecule has 7 heteroatoms. The number of likely N-dealkylation sites (N-methyl/N-ethyl adjacent to an activating group) is 1. The van der Waals surface area contributed by atoms with Gasteiger partial charge in [0.2, 0.25) is 0 Å². The van der Waals surface area contributed by atoms with Gasteiger partial charge in [0.1, 0.15) is 11.3 Å². The van der Waals surface area contributed by atoms with E-state index in [2.05, 4.69) is 6.07 Å². The van der Waals surface area contributed by atoms with E-state index in [4.69, 9.17) is 21.1 Å². The highest BCUT2D eigenvalue weighted by Crippen LogP contribution is 2.33. The third kappa shape index (κ3) is 4.92. The number of hydrogen-bond acceptors (Lipinski definition) is 5. The van der Waals surface area contributed by atoms with E-state index in [1.165, 1.54) is 18.9 Å². The zero-order valence-electron chi connectivity index (χ0n) is 16.0. The largest absolute Gasteiger partial charge is 0.496 e. The van der Waals surface area contributed by atoms with E-state index in [9.17, 15) is 14.9 Å². The second-order valence-electron chi connectivity index (χ2n) is 6.87. The van der Waals surface area contributed by atoms with Crippen molar-refractivity contribution in [2.24, 2.45) is 0 Å². The van der Waals surface area contributed by atoms with E-state index in [0.717, 1.165) is 19.3 Å². The number of amides is 1. The monoisotopic (exact) mass is 392 g/mol. The average molecular weight is 393 g/mol. The molecule has 1 aromatic rings. The van der Waals surface area contributed by atoms with Crippen LogP contribution in [0.5, 0.6) is 5.75 Å². The molecule has 0 N–H and O–H groups in total. The first-order valence-corrected chi connectivity index (χ1v) is 9.41. The molecular formula is C20H25ClN2O4. The number of methoxy groups -OCH3 is 1. The first-order valence-electron chi connectivity index (χ1n) is 9.04. The maximum absolute atomic E-state index is 12.7. The lowest BCUT2D eigenvalue weighted by atomic mass is 9.81. The molecule has 1 aliphatic rings. The molecule has 2 rings (SSSR count). The molecule has 0 aromatic heterocycles. The summed E-state index contributed by atoms with van der Waals surface area (Å²) in [4.78, 5) is 26.5. The Hall–Kier alpha value is -2.26. The fourth-order valence-electron chi connectivity index (χ4n) is 3.47. The van der Waals surface area contributed by atoms with Crippen LogP contribution in [-0.4, -0.2) is 42.6 Å². The third-order valence-electron chi connectivity index (χ3n) is 5.09. The number of benzene rings is 1. The van der Waals surface area contributed by atoms with Crippen molar-refractivity contribution in [3.8, 4) is 11.8 Å². The number of nitriles is 1. The number of ether oxygens (including phenoxy) is 2. The van der Waals surface area contributed by atoms with Crippen LogP contribution in [-0.2, 0) is 20.7 Å². The normalized spacial score (nSPS) is 16.7. The SMILES string of the molecule is COc1ccc(Cl)cc1CC(=O)O[C@@H](C)C(=O)N(C)C1(C#N)CCCCC1. The maximum Gasteiger partial charge on any atom is 0.311 e. The van der Waals surface area contributed by atoms with Gasteiger partial charge in [0.25, 0.3) is 5.91 Å². The lowest BCUT2D eigenvalue weighted by Gasteiger charge is -2.39. The summed E-state index contributed by atoms with van der Waals surface area (Å²) in [7, 11) is 3.12. The minimum atomic E-state index is -0.972. The van der Waals surface area contributed by atoms with Crippen molar-refractivity contribution in [1.29, 1.82) is 5.26 Å². The van der Waals surface area contributed by atoms with Crippen molar-refractivity contribution in [3.63, 3.8) is 0 Å². The maximum atomic E-state index is 12.7. The molecule has 6 nitrogen and oxygen atoms in total. The Bertz CT molecular complexity index is 738. The zero-order chi connectivity index (χ0) is 20.0. The van der Waals surface area contributed by atoms with Crippen molar-refractivity contribution in [3.05, 3.63) is 28.8 Å². The van der Waals surface area contributed by atoms with Gasteiger partial charge in [-0.3, -0.25) is 9.59 Å². The van der Waals surface area contributed by atoms with Gasteiger partial charge in [-0.2, -0.15) is 5.26 Å². The number of esters is 1. The number of hydrogen-bond donors (Lipinski definition) is 0. The molecule has 0 heterocycles. The highest BCUT2D eigenvalue weighted by atomic mass is 35.5. The molecule has 0 unspecified atom stereocenters. The summed E-state index contributed by atoms with van der Waals surface area (Å²) in [5, 5.41) is 10.1. The summed E-state index contributed by atoms with van der Waals surface area (Å²) in [6.07, 6.45) is 3.14. The minimum absolute atomic E-state index is 0.0611. The van der Waals surface area contributed by atoms with Gasteiger partial charge in [-0.1, -0.05) is 30.9 Å². The lowest BCUT2D eigenvalue weighted by molar-refractivity contribution is -0.160. The Labute approximate surface area is 165 Å². The number of carbonyl (C=O) groups excluding carboxylic acids is 2. The molecule has 1 aromatic carbocycles. The highest BCUT2D eigenvalue weighted by molar-refractivity contribution is 6.30. The molecule has 1 saturated carbocycles. The Kier molecular flexibility index (Phi) is 7.09. The van der Waals surface area contributed by atoms with Gasteiger partial charge in [0.05, 0.1) is 19.6 Å². The van der Waals surface area contributed by atoms with E-state index in [0.29, 0.717) is 29.2 Å². The van der Waals surface area contributed by atoms with Gasteiger partial charge in [0.15, 0.2) is 6.10 Å². The van der Waals surface area contributed by atoms with Crippen LogP contribution in [0.1, 0.15) is 44.6 Å². The van der Waals surface area contributed by atoms with E-state index in [1.54, 1.807) is 25.2 Å². The van der Waals surface area contributed by atoms with Gasteiger partial charge in [-0.05, 0) is 38.0 Å². The number of carbonyl (C=O) groups is 2. The van der Waals surface area contributed by atoms with Crippen molar-refractivity contribution in [1.82, 2.24) is 4.90 Å². The van der Waals surface area contributed by atoms with Crippen molar-refractivity contribution >= 4 is 23.5 Å². The van der Waals surface area contributed by atoms with Gasteiger partial charge in [-0.25, -0.2) is 0 Å². The second-order valence-corrected chi connectivity index (χ2v) is 7.30. The zero-order valence-corrected chi connectivity index (χ0v) is 16.7. The topological polar surface area (TPSA) is 79.6 Å². The fourth-order valence-corrected chi connectivity index (χ4v) is 3.67. The van der Waals surface area contributed by atoms with Crippen molar-refractivity contribution < 1.29 is 19.1 Å². The number of halogens is 1. The molecule has 1 aliphatic carbocycles. The molecule has 0 saturated heterocycles. The van der Waals surface area contributed by atoms with Gasteiger partial charge in [-0.15, -0.1) is 0 Å². The molecule has 0 aliphatic heterocycles. The first kappa shape index (κ1) is 21.0. The summed E-state index contributed by atoms with van der Waals surface area (Å²) in [6.45, 7) is 1.53. The standard InChI is InChI=1S/C20H25ClN2O4/c1-14(19(25)23(2)20(13-22)9-5-4-6-10-20)27-18(24)12-15-11-16(21)7-8-17(15)26-3/h7-8,11,14H,4-6,9-10,12H2,1-3H3/t14-/m0/s1. The first-order chi connectivity index (χ1) is 12.8. The summed E-state index contributed by atoms with van der Waals surface area (Å²) >= 11 is 5.97. The van der Waals surface area contributed by atoms with E-state index in [1.807, 2.05) is 0 Å². The Morgan fingerprint density at radius 1 is 1.33 bits per heavy atom. The fraction of sp³-hybridized carbons (Fsp3) is 0.550. The molecule has 0 radical (unpaired) electrons. The number of rotatable bonds is 6. The van der Waals surface area contributed by atoms with Gasteiger partial charge in [0, 0.05) is 17.6 Å². The van der Waals surface area contributed by atoms with E-state index in [-0.39, 0.29) is 12.3 Å². The number of nitrogens with zero attached hydrogens (tertiary/aromatic N) is 2. The molecular weight excluding hydrogens is 368 g/mol. The van der Waals surface area contributed by atoms with Crippen LogP contribution in [0.25, 0.3) is 0 Å². The van der Waals surface area contributed by atoms with Crippen LogP contribution < -0.4 is 4.74 Å². The van der Waals surface area contributed by atoms with Crippen LogP contribution in [0.15, 0.2) is 18.2 Å². The predicted octanol–water partition coefficient (Wildman–Crippen LogP) is 3.51. The van der Waals surface area contributed by atoms with Crippen LogP contribution >= 0.6 is 11.6 Å². The smallest absolute Gasteiger partial charge is 0.311 e. The van der Waals surface area contributed by atoms with Crippen LogP contribution in [0.2, 0.25) is 5.02 Å². The van der Waals surface area contributed by atoms with Gasteiger partial charge < -0.3 is 14.4 Å². The summed E-state index contributed by atoms with van der Waals surface area (Å²) in [5.41, 5.74) is -0.226. The van der Waals surface area contributed by atoms with Crippen molar-refractivity contribution in [2.45, 2.75) is 57.1 Å². The van der Waals surface area contributed by atoms with E-state index < -0.39 is 17.6 Å².